The van der Waals surface area contributed by atoms with Gasteiger partial charge in [0, 0.05) is 45.5 Å². The molecule has 0 saturated heterocycles. The van der Waals surface area contributed by atoms with Crippen LogP contribution in [0.3, 0.4) is 0 Å². The molecule has 0 radical (unpaired) electrons. The molecule has 0 N–H and O–H groups in total. The molecule has 0 bridgehead atoms. The first kappa shape index (κ1) is 30.9. The van der Waals surface area contributed by atoms with E-state index in [0.717, 1.165) is 47.5 Å². The van der Waals surface area contributed by atoms with Gasteiger partial charge in [0.05, 0.1) is 11.0 Å². The second-order valence-corrected chi connectivity index (χ2v) is 12.3. The standard InChI is InChI=1S/C36H44FN3O3/c1-6-42-24-34(41)43-36(18-17-28-22-29(37)15-16-30(28)35(36)25(2)3)19-20-39(4)23-27-13-11-26(12-14-27)21-33-38-31-9-7-8-10-32(31)40(33)5/h7-16,22,25,35H,6,17-21,23-24H2,1-5H3/t35-,36-/m0/s1. The first-order chi connectivity index (χ1) is 20.7. The van der Waals surface area contributed by atoms with E-state index < -0.39 is 5.60 Å². The van der Waals surface area contributed by atoms with Gasteiger partial charge >= 0.3 is 5.97 Å². The fourth-order valence-corrected chi connectivity index (χ4v) is 6.80. The SMILES string of the molecule is CCOCC(=O)O[C@]1(CCN(C)Cc2ccc(Cc3nc4ccccc4n3C)cc2)CCc2cc(F)ccc2[C@@H]1C(C)C. The summed E-state index contributed by atoms with van der Waals surface area (Å²) in [4.78, 5) is 20.1. The van der Waals surface area contributed by atoms with E-state index in [-0.39, 0.29) is 30.2 Å². The average molecular weight is 586 g/mol. The second-order valence-electron chi connectivity index (χ2n) is 12.3. The highest BCUT2D eigenvalue weighted by Crippen LogP contribution is 2.48. The molecule has 228 valence electrons. The predicted molar refractivity (Wildman–Crippen MR) is 169 cm³/mol. The molecule has 43 heavy (non-hydrogen) atoms. The van der Waals surface area contributed by atoms with Gasteiger partial charge in [-0.3, -0.25) is 0 Å². The van der Waals surface area contributed by atoms with Crippen molar-refractivity contribution in [3.63, 3.8) is 0 Å². The Balaban J connectivity index is 1.28. The number of halogens is 1. The highest BCUT2D eigenvalue weighted by atomic mass is 19.1. The summed E-state index contributed by atoms with van der Waals surface area (Å²) >= 11 is 0. The van der Waals surface area contributed by atoms with Crippen molar-refractivity contribution in [1.29, 1.82) is 0 Å². The number of ether oxygens (including phenoxy) is 2. The lowest BCUT2D eigenvalue weighted by Gasteiger charge is -2.47. The maximum absolute atomic E-state index is 14.1. The van der Waals surface area contributed by atoms with Crippen LogP contribution < -0.4 is 0 Å². The summed E-state index contributed by atoms with van der Waals surface area (Å²) in [5.41, 5.74) is 6.04. The van der Waals surface area contributed by atoms with Gasteiger partial charge in [-0.25, -0.2) is 14.2 Å². The van der Waals surface area contributed by atoms with Crippen molar-refractivity contribution >= 4 is 17.0 Å². The predicted octanol–water partition coefficient (Wildman–Crippen LogP) is 6.83. The van der Waals surface area contributed by atoms with E-state index >= 15 is 0 Å². The molecule has 2 atom stereocenters. The Morgan fingerprint density at radius 3 is 2.58 bits per heavy atom. The molecule has 6 nitrogen and oxygen atoms in total. The van der Waals surface area contributed by atoms with Crippen molar-refractivity contribution < 1.29 is 18.7 Å². The summed E-state index contributed by atoms with van der Waals surface area (Å²) in [6.45, 7) is 8.12. The molecule has 4 aromatic rings. The van der Waals surface area contributed by atoms with Crippen LogP contribution in [0.4, 0.5) is 4.39 Å². The maximum atomic E-state index is 14.1. The number of aryl methyl sites for hydroxylation is 2. The Labute approximate surface area is 254 Å². The van der Waals surface area contributed by atoms with Crippen LogP contribution in [0, 0.1) is 11.7 Å². The molecular weight excluding hydrogens is 541 g/mol. The second kappa shape index (κ2) is 13.4. The van der Waals surface area contributed by atoms with E-state index in [1.54, 1.807) is 6.07 Å². The quantitative estimate of drug-likeness (QED) is 0.171. The molecular formula is C36H44FN3O3. The van der Waals surface area contributed by atoms with Crippen molar-refractivity contribution in [3.8, 4) is 0 Å². The van der Waals surface area contributed by atoms with Gasteiger partial charge < -0.3 is 18.9 Å². The number of fused-ring (bicyclic) bond motifs is 2. The van der Waals surface area contributed by atoms with Gasteiger partial charge in [0.2, 0.25) is 0 Å². The molecule has 1 aliphatic rings. The zero-order valence-corrected chi connectivity index (χ0v) is 26.1. The third-order valence-corrected chi connectivity index (χ3v) is 8.87. The number of hydrogen-bond donors (Lipinski definition) is 0. The van der Waals surface area contributed by atoms with Crippen LogP contribution in [0.15, 0.2) is 66.7 Å². The van der Waals surface area contributed by atoms with Crippen molar-refractivity contribution in [1.82, 2.24) is 14.5 Å². The first-order valence-electron chi connectivity index (χ1n) is 15.4. The molecule has 0 amide bonds. The van der Waals surface area contributed by atoms with Crippen LogP contribution in [0.5, 0.6) is 0 Å². The number of carbonyl (C=O) groups is 1. The molecule has 0 aliphatic heterocycles. The molecule has 1 heterocycles. The minimum atomic E-state index is -0.684. The van der Waals surface area contributed by atoms with Crippen LogP contribution in [0.2, 0.25) is 0 Å². The topological polar surface area (TPSA) is 56.6 Å². The zero-order chi connectivity index (χ0) is 30.6. The van der Waals surface area contributed by atoms with Crippen molar-refractivity contribution in [2.75, 3.05) is 26.8 Å². The number of aromatic nitrogens is 2. The minimum Gasteiger partial charge on any atom is -0.457 e. The fraction of sp³-hybridized carbons (Fsp3) is 0.444. The molecule has 3 aromatic carbocycles. The van der Waals surface area contributed by atoms with Crippen molar-refractivity contribution in [2.24, 2.45) is 13.0 Å². The Morgan fingerprint density at radius 2 is 1.86 bits per heavy atom. The van der Waals surface area contributed by atoms with Gasteiger partial charge in [0.25, 0.3) is 0 Å². The molecule has 0 saturated carbocycles. The smallest absolute Gasteiger partial charge is 0.332 e. The van der Waals surface area contributed by atoms with Gasteiger partial charge in [0.15, 0.2) is 0 Å². The van der Waals surface area contributed by atoms with Crippen molar-refractivity contribution in [2.45, 2.75) is 64.5 Å². The lowest BCUT2D eigenvalue weighted by molar-refractivity contribution is -0.172. The lowest BCUT2D eigenvalue weighted by Crippen LogP contribution is -2.49. The summed E-state index contributed by atoms with van der Waals surface area (Å²) in [5, 5.41) is 0. The van der Waals surface area contributed by atoms with E-state index in [9.17, 15) is 9.18 Å². The van der Waals surface area contributed by atoms with E-state index in [2.05, 4.69) is 73.8 Å². The zero-order valence-electron chi connectivity index (χ0n) is 26.1. The van der Waals surface area contributed by atoms with Gasteiger partial charge in [-0.1, -0.05) is 56.3 Å². The summed E-state index contributed by atoms with van der Waals surface area (Å²) < 4.78 is 28.0. The van der Waals surface area contributed by atoms with Crippen LogP contribution in [-0.4, -0.2) is 52.8 Å². The number of carbonyl (C=O) groups excluding carboxylic acids is 1. The first-order valence-corrected chi connectivity index (χ1v) is 15.4. The fourth-order valence-electron chi connectivity index (χ4n) is 6.80. The summed E-state index contributed by atoms with van der Waals surface area (Å²) in [5.74, 6) is 0.668. The number of rotatable bonds is 12. The molecule has 1 aliphatic carbocycles. The number of benzene rings is 3. The Hall–Kier alpha value is -3.55. The van der Waals surface area contributed by atoms with Gasteiger partial charge in [-0.05, 0) is 79.3 Å². The van der Waals surface area contributed by atoms with Gasteiger partial charge in [-0.2, -0.15) is 0 Å². The van der Waals surface area contributed by atoms with E-state index in [1.807, 2.05) is 25.1 Å². The number of esters is 1. The maximum Gasteiger partial charge on any atom is 0.332 e. The molecule has 7 heteroatoms. The van der Waals surface area contributed by atoms with Crippen LogP contribution >= 0.6 is 0 Å². The molecule has 0 unspecified atom stereocenters. The van der Waals surface area contributed by atoms with Gasteiger partial charge in [-0.15, -0.1) is 0 Å². The largest absolute Gasteiger partial charge is 0.457 e. The number of hydrogen-bond acceptors (Lipinski definition) is 5. The van der Waals surface area contributed by atoms with Crippen molar-refractivity contribution in [3.05, 3.63) is 101 Å². The summed E-state index contributed by atoms with van der Waals surface area (Å²) in [6, 6.07) is 22.0. The number of imidazole rings is 1. The Kier molecular flexibility index (Phi) is 9.62. The minimum absolute atomic E-state index is 0.0297. The van der Waals surface area contributed by atoms with Crippen LogP contribution in [0.25, 0.3) is 11.0 Å². The Morgan fingerprint density at radius 1 is 1.12 bits per heavy atom. The highest BCUT2D eigenvalue weighted by Gasteiger charge is 2.47. The van der Waals surface area contributed by atoms with E-state index in [1.165, 1.54) is 17.2 Å². The molecule has 1 aromatic heterocycles. The van der Waals surface area contributed by atoms with Gasteiger partial charge in [0.1, 0.15) is 23.8 Å². The number of para-hydroxylation sites is 2. The molecule has 0 fully saturated rings. The monoisotopic (exact) mass is 585 g/mol. The third-order valence-electron chi connectivity index (χ3n) is 8.87. The third kappa shape index (κ3) is 7.00. The molecule has 0 spiro atoms. The summed E-state index contributed by atoms with van der Waals surface area (Å²) in [7, 11) is 4.18. The normalized spacial score (nSPS) is 18.4. The number of nitrogens with zero attached hydrogens (tertiary/aromatic N) is 3. The lowest BCUT2D eigenvalue weighted by atomic mass is 9.65. The highest BCUT2D eigenvalue weighted by molar-refractivity contribution is 5.75. The van der Waals surface area contributed by atoms with E-state index in [0.29, 0.717) is 25.9 Å². The van der Waals surface area contributed by atoms with Crippen LogP contribution in [-0.2, 0) is 40.7 Å². The Bertz CT molecular complexity index is 1550. The van der Waals surface area contributed by atoms with E-state index in [4.69, 9.17) is 14.5 Å². The summed E-state index contributed by atoms with van der Waals surface area (Å²) in [6.07, 6.45) is 2.80. The van der Waals surface area contributed by atoms with Crippen LogP contribution in [0.1, 0.15) is 67.6 Å². The molecule has 5 rings (SSSR count). The average Bonchev–Trinajstić information content (AvgIpc) is 3.30.